The van der Waals surface area contributed by atoms with E-state index in [-0.39, 0.29) is 25.5 Å². The quantitative estimate of drug-likeness (QED) is 0.801. The smallest absolute Gasteiger partial charge is 0.311 e. The van der Waals surface area contributed by atoms with Crippen LogP contribution in [0.2, 0.25) is 0 Å². The number of hydrogen-bond acceptors (Lipinski definition) is 5. The second-order valence-electron chi connectivity index (χ2n) is 6.28. The summed E-state index contributed by atoms with van der Waals surface area (Å²) in [4.78, 5) is 37.6. The van der Waals surface area contributed by atoms with Crippen molar-refractivity contribution in [2.45, 2.75) is 19.9 Å². The van der Waals surface area contributed by atoms with Gasteiger partial charge in [-0.2, -0.15) is 0 Å². The number of nitrogens with zero attached hydrogens (tertiary/aromatic N) is 1. The van der Waals surface area contributed by atoms with Crippen LogP contribution in [0.15, 0.2) is 47.1 Å². The van der Waals surface area contributed by atoms with Gasteiger partial charge in [-0.25, -0.2) is 0 Å². The molecule has 1 unspecified atom stereocenters. The van der Waals surface area contributed by atoms with Crippen LogP contribution < -0.4 is 5.32 Å². The minimum Gasteiger partial charge on any atom is -0.467 e. The molecule has 136 valence electrons. The zero-order chi connectivity index (χ0) is 18.5. The number of amides is 2. The number of furan rings is 1. The summed E-state index contributed by atoms with van der Waals surface area (Å²) in [5.74, 6) is -1.000. The third-order valence-electron chi connectivity index (χ3n) is 4.16. The van der Waals surface area contributed by atoms with E-state index < -0.39 is 17.8 Å². The Morgan fingerprint density at radius 3 is 2.73 bits per heavy atom. The van der Waals surface area contributed by atoms with E-state index >= 15 is 0 Å². The minimum absolute atomic E-state index is 0.0825. The Morgan fingerprint density at radius 1 is 1.27 bits per heavy atom. The molecule has 1 aromatic carbocycles. The molecular formula is C19H20N2O5. The standard InChI is InChI=1S/C19H20N2O5/c1-13-4-6-15(7-5-13)20-17(22)12-26-19(24)14-9-18(23)21(10-14)11-16-3-2-8-25-16/h2-8,14H,9-12H2,1H3,(H,20,22). The van der Waals surface area contributed by atoms with Crippen LogP contribution in [0.25, 0.3) is 0 Å². The van der Waals surface area contributed by atoms with E-state index in [1.807, 2.05) is 19.1 Å². The summed E-state index contributed by atoms with van der Waals surface area (Å²) in [6.45, 7) is 2.16. The third kappa shape index (κ3) is 4.50. The van der Waals surface area contributed by atoms with E-state index in [0.29, 0.717) is 18.0 Å². The summed E-state index contributed by atoms with van der Waals surface area (Å²) in [6, 6.07) is 10.8. The molecule has 7 nitrogen and oxygen atoms in total. The lowest BCUT2D eigenvalue weighted by Gasteiger charge is -2.14. The number of anilines is 1. The van der Waals surface area contributed by atoms with Crippen molar-refractivity contribution < 1.29 is 23.5 Å². The molecule has 1 saturated heterocycles. The van der Waals surface area contributed by atoms with Gasteiger partial charge in [0, 0.05) is 18.7 Å². The van der Waals surface area contributed by atoms with Crippen LogP contribution in [0.1, 0.15) is 17.7 Å². The molecule has 1 aliphatic rings. The molecule has 0 bridgehead atoms. The molecule has 1 aromatic heterocycles. The highest BCUT2D eigenvalue weighted by Crippen LogP contribution is 2.21. The van der Waals surface area contributed by atoms with Gasteiger partial charge in [0.15, 0.2) is 6.61 Å². The molecule has 2 amide bonds. The molecule has 26 heavy (non-hydrogen) atoms. The van der Waals surface area contributed by atoms with Gasteiger partial charge in [0.25, 0.3) is 5.91 Å². The molecule has 2 aromatic rings. The summed E-state index contributed by atoms with van der Waals surface area (Å²) >= 11 is 0. The van der Waals surface area contributed by atoms with Crippen LogP contribution in [0, 0.1) is 12.8 Å². The highest BCUT2D eigenvalue weighted by Gasteiger charge is 2.35. The topological polar surface area (TPSA) is 88.8 Å². The summed E-state index contributed by atoms with van der Waals surface area (Å²) in [7, 11) is 0. The van der Waals surface area contributed by atoms with Gasteiger partial charge >= 0.3 is 5.97 Å². The maximum Gasteiger partial charge on any atom is 0.311 e. The number of aryl methyl sites for hydroxylation is 1. The highest BCUT2D eigenvalue weighted by molar-refractivity contribution is 5.93. The van der Waals surface area contributed by atoms with Crippen LogP contribution in [-0.4, -0.2) is 35.8 Å². The van der Waals surface area contributed by atoms with Gasteiger partial charge in [-0.15, -0.1) is 0 Å². The zero-order valence-electron chi connectivity index (χ0n) is 14.4. The second kappa shape index (κ2) is 7.86. The molecule has 3 rings (SSSR count). The first kappa shape index (κ1) is 17.7. The minimum atomic E-state index is -0.565. The molecule has 1 N–H and O–H groups in total. The number of benzene rings is 1. The van der Waals surface area contributed by atoms with Gasteiger partial charge in [-0.1, -0.05) is 17.7 Å². The number of carbonyl (C=O) groups is 3. The van der Waals surface area contributed by atoms with Crippen molar-refractivity contribution in [3.63, 3.8) is 0 Å². The van der Waals surface area contributed by atoms with Gasteiger partial charge in [0.05, 0.1) is 18.7 Å². The molecule has 0 spiro atoms. The van der Waals surface area contributed by atoms with Crippen LogP contribution in [0.5, 0.6) is 0 Å². The molecule has 0 saturated carbocycles. The average Bonchev–Trinajstić information content (AvgIpc) is 3.25. The molecule has 0 radical (unpaired) electrons. The Hall–Kier alpha value is -3.09. The van der Waals surface area contributed by atoms with Gasteiger partial charge < -0.3 is 19.4 Å². The first-order chi connectivity index (χ1) is 12.5. The molecule has 1 aliphatic heterocycles. The number of rotatable bonds is 6. The Bertz CT molecular complexity index is 783. The Kier molecular flexibility index (Phi) is 5.36. The summed E-state index contributed by atoms with van der Waals surface area (Å²) in [5.41, 5.74) is 1.72. The number of esters is 1. The van der Waals surface area contributed by atoms with Gasteiger partial charge in [-0.3, -0.25) is 14.4 Å². The lowest BCUT2D eigenvalue weighted by molar-refractivity contribution is -0.151. The van der Waals surface area contributed by atoms with Gasteiger partial charge in [-0.05, 0) is 31.2 Å². The predicted octanol–water partition coefficient (Wildman–Crippen LogP) is 2.12. The molecule has 1 atom stereocenters. The summed E-state index contributed by atoms with van der Waals surface area (Å²) < 4.78 is 10.3. The molecular weight excluding hydrogens is 336 g/mol. The Morgan fingerprint density at radius 2 is 2.04 bits per heavy atom. The number of likely N-dealkylation sites (tertiary alicyclic amines) is 1. The first-order valence-electron chi connectivity index (χ1n) is 8.34. The zero-order valence-corrected chi connectivity index (χ0v) is 14.4. The van der Waals surface area contributed by atoms with Gasteiger partial charge in [0.1, 0.15) is 5.76 Å². The van der Waals surface area contributed by atoms with Crippen LogP contribution in [0.4, 0.5) is 5.69 Å². The molecule has 0 aliphatic carbocycles. The number of carbonyl (C=O) groups excluding carboxylic acids is 3. The van der Waals surface area contributed by atoms with Crippen molar-refractivity contribution >= 4 is 23.5 Å². The lowest BCUT2D eigenvalue weighted by Crippen LogP contribution is -2.28. The van der Waals surface area contributed by atoms with Crippen LogP contribution in [0.3, 0.4) is 0 Å². The normalized spacial score (nSPS) is 16.6. The number of nitrogens with one attached hydrogen (secondary N) is 1. The Balaban J connectivity index is 1.45. The van der Waals surface area contributed by atoms with E-state index in [1.54, 1.807) is 29.2 Å². The lowest BCUT2D eigenvalue weighted by atomic mass is 10.1. The fourth-order valence-electron chi connectivity index (χ4n) is 2.76. The maximum absolute atomic E-state index is 12.1. The maximum atomic E-state index is 12.1. The van der Waals surface area contributed by atoms with Crippen LogP contribution in [-0.2, 0) is 25.7 Å². The molecule has 2 heterocycles. The van der Waals surface area contributed by atoms with Crippen molar-refractivity contribution in [2.24, 2.45) is 5.92 Å². The largest absolute Gasteiger partial charge is 0.467 e. The number of hydrogen-bond donors (Lipinski definition) is 1. The first-order valence-corrected chi connectivity index (χ1v) is 8.34. The van der Waals surface area contributed by atoms with Crippen molar-refractivity contribution in [2.75, 3.05) is 18.5 Å². The van der Waals surface area contributed by atoms with E-state index in [2.05, 4.69) is 5.32 Å². The average molecular weight is 356 g/mol. The third-order valence-corrected chi connectivity index (χ3v) is 4.16. The highest BCUT2D eigenvalue weighted by atomic mass is 16.5. The summed E-state index contributed by atoms with van der Waals surface area (Å²) in [5, 5.41) is 2.66. The van der Waals surface area contributed by atoms with Crippen molar-refractivity contribution in [3.8, 4) is 0 Å². The van der Waals surface area contributed by atoms with E-state index in [9.17, 15) is 14.4 Å². The summed E-state index contributed by atoms with van der Waals surface area (Å²) in [6.07, 6.45) is 1.62. The van der Waals surface area contributed by atoms with E-state index in [4.69, 9.17) is 9.15 Å². The Labute approximate surface area is 150 Å². The van der Waals surface area contributed by atoms with E-state index in [1.165, 1.54) is 6.26 Å². The molecule has 1 fully saturated rings. The van der Waals surface area contributed by atoms with E-state index in [0.717, 1.165) is 5.56 Å². The second-order valence-corrected chi connectivity index (χ2v) is 6.28. The van der Waals surface area contributed by atoms with Crippen molar-refractivity contribution in [1.29, 1.82) is 0 Å². The van der Waals surface area contributed by atoms with Crippen LogP contribution >= 0.6 is 0 Å². The van der Waals surface area contributed by atoms with Crippen molar-refractivity contribution in [3.05, 3.63) is 54.0 Å². The monoisotopic (exact) mass is 356 g/mol. The van der Waals surface area contributed by atoms with Gasteiger partial charge in [0.2, 0.25) is 5.91 Å². The fraction of sp³-hybridized carbons (Fsp3) is 0.316. The SMILES string of the molecule is Cc1ccc(NC(=O)COC(=O)C2CC(=O)N(Cc3ccco3)C2)cc1. The van der Waals surface area contributed by atoms with Crippen molar-refractivity contribution in [1.82, 2.24) is 4.90 Å². The fourth-order valence-corrected chi connectivity index (χ4v) is 2.76. The predicted molar refractivity (Wildman–Crippen MR) is 93.0 cm³/mol. The number of ether oxygens (including phenoxy) is 1. The molecule has 7 heteroatoms.